The predicted octanol–water partition coefficient (Wildman–Crippen LogP) is 0.566. The molecule has 2 aliphatic rings. The highest BCUT2D eigenvalue weighted by atomic mass is 16.2. The Balaban J connectivity index is 1.68. The molecule has 1 aliphatic carbocycles. The van der Waals surface area contributed by atoms with Crippen LogP contribution in [0.25, 0.3) is 0 Å². The van der Waals surface area contributed by atoms with Crippen molar-refractivity contribution in [3.63, 3.8) is 0 Å². The fourth-order valence-corrected chi connectivity index (χ4v) is 1.82. The van der Waals surface area contributed by atoms with Gasteiger partial charge in [-0.1, -0.05) is 19.3 Å². The molecule has 1 saturated carbocycles. The number of carbonyl (C=O) groups is 1. The second-order valence-electron chi connectivity index (χ2n) is 3.83. The zero-order chi connectivity index (χ0) is 8.39. The van der Waals surface area contributed by atoms with Crippen LogP contribution >= 0.6 is 0 Å². The average Bonchev–Trinajstić information content (AvgIpc) is 2.33. The number of hydrogen-bond donors (Lipinski definition) is 1. The van der Waals surface area contributed by atoms with Gasteiger partial charge in [0.1, 0.15) is 0 Å². The SMILES string of the molecule is O=C1CNCN1CCC1CCC1. The van der Waals surface area contributed by atoms with Crippen molar-refractivity contribution in [2.75, 3.05) is 19.8 Å². The van der Waals surface area contributed by atoms with Crippen molar-refractivity contribution >= 4 is 5.91 Å². The van der Waals surface area contributed by atoms with Crippen LogP contribution in [0.1, 0.15) is 25.7 Å². The third-order valence-electron chi connectivity index (χ3n) is 2.96. The van der Waals surface area contributed by atoms with Crippen LogP contribution in [0.2, 0.25) is 0 Å². The van der Waals surface area contributed by atoms with Crippen molar-refractivity contribution in [3.05, 3.63) is 0 Å². The molecule has 0 bridgehead atoms. The van der Waals surface area contributed by atoms with Gasteiger partial charge in [0, 0.05) is 6.54 Å². The van der Waals surface area contributed by atoms with E-state index in [9.17, 15) is 4.79 Å². The molecule has 68 valence electrons. The van der Waals surface area contributed by atoms with E-state index >= 15 is 0 Å². The Morgan fingerprint density at radius 1 is 1.50 bits per heavy atom. The van der Waals surface area contributed by atoms with E-state index < -0.39 is 0 Å². The molecule has 0 spiro atoms. The summed E-state index contributed by atoms with van der Waals surface area (Å²) in [6.45, 7) is 2.28. The molecule has 1 amide bonds. The number of carbonyl (C=O) groups excluding carboxylic acids is 1. The minimum atomic E-state index is 0.273. The van der Waals surface area contributed by atoms with Crippen LogP contribution in [0.4, 0.5) is 0 Å². The Kier molecular flexibility index (Phi) is 2.30. The van der Waals surface area contributed by atoms with Crippen molar-refractivity contribution in [2.45, 2.75) is 25.7 Å². The van der Waals surface area contributed by atoms with E-state index in [2.05, 4.69) is 5.32 Å². The molecular weight excluding hydrogens is 152 g/mol. The molecule has 3 heteroatoms. The van der Waals surface area contributed by atoms with Gasteiger partial charge in [0.25, 0.3) is 0 Å². The summed E-state index contributed by atoms with van der Waals surface area (Å²) in [6.07, 6.45) is 5.38. The number of nitrogens with one attached hydrogen (secondary N) is 1. The largest absolute Gasteiger partial charge is 0.329 e. The maximum atomic E-state index is 11.2. The molecule has 0 atom stereocenters. The zero-order valence-corrected chi connectivity index (χ0v) is 7.38. The second kappa shape index (κ2) is 3.44. The van der Waals surface area contributed by atoms with Gasteiger partial charge in [-0.3, -0.25) is 10.1 Å². The van der Waals surface area contributed by atoms with Gasteiger partial charge < -0.3 is 4.90 Å². The topological polar surface area (TPSA) is 32.3 Å². The van der Waals surface area contributed by atoms with Crippen molar-refractivity contribution in [2.24, 2.45) is 5.92 Å². The number of amides is 1. The molecule has 0 aromatic carbocycles. The molecule has 1 heterocycles. The van der Waals surface area contributed by atoms with E-state index in [1.165, 1.54) is 25.7 Å². The molecule has 1 aliphatic heterocycles. The summed E-state index contributed by atoms with van der Waals surface area (Å²) in [5.74, 6) is 1.19. The van der Waals surface area contributed by atoms with Crippen LogP contribution in [0, 0.1) is 5.92 Å². The smallest absolute Gasteiger partial charge is 0.237 e. The summed E-state index contributed by atoms with van der Waals surface area (Å²) in [6, 6.07) is 0. The minimum Gasteiger partial charge on any atom is -0.329 e. The number of hydrogen-bond acceptors (Lipinski definition) is 2. The summed E-state index contributed by atoms with van der Waals surface area (Å²) in [7, 11) is 0. The Morgan fingerprint density at radius 2 is 2.33 bits per heavy atom. The Labute approximate surface area is 73.1 Å². The molecule has 3 nitrogen and oxygen atoms in total. The maximum absolute atomic E-state index is 11.2. The fourth-order valence-electron chi connectivity index (χ4n) is 1.82. The van der Waals surface area contributed by atoms with Gasteiger partial charge in [0.05, 0.1) is 13.2 Å². The average molecular weight is 168 g/mol. The lowest BCUT2D eigenvalue weighted by Gasteiger charge is -2.27. The Bertz CT molecular complexity index is 177. The minimum absolute atomic E-state index is 0.273. The van der Waals surface area contributed by atoms with Crippen LogP contribution in [0.3, 0.4) is 0 Å². The molecule has 2 fully saturated rings. The summed E-state index contributed by atoms with van der Waals surface area (Å²) >= 11 is 0. The van der Waals surface area contributed by atoms with Gasteiger partial charge >= 0.3 is 0 Å². The van der Waals surface area contributed by atoms with Crippen molar-refractivity contribution in [1.29, 1.82) is 0 Å². The first-order valence-electron chi connectivity index (χ1n) is 4.85. The molecule has 0 radical (unpaired) electrons. The quantitative estimate of drug-likeness (QED) is 0.668. The molecule has 0 aromatic rings. The molecule has 0 aromatic heterocycles. The van der Waals surface area contributed by atoms with Gasteiger partial charge in [-0.2, -0.15) is 0 Å². The number of rotatable bonds is 3. The van der Waals surface area contributed by atoms with Crippen molar-refractivity contribution in [1.82, 2.24) is 10.2 Å². The second-order valence-corrected chi connectivity index (χ2v) is 3.83. The maximum Gasteiger partial charge on any atom is 0.237 e. The highest BCUT2D eigenvalue weighted by molar-refractivity contribution is 5.79. The number of nitrogens with zero attached hydrogens (tertiary/aromatic N) is 1. The van der Waals surface area contributed by atoms with Crippen LogP contribution in [-0.2, 0) is 4.79 Å². The van der Waals surface area contributed by atoms with E-state index in [0.29, 0.717) is 6.54 Å². The Morgan fingerprint density at radius 3 is 2.83 bits per heavy atom. The van der Waals surface area contributed by atoms with Crippen molar-refractivity contribution in [3.8, 4) is 0 Å². The monoisotopic (exact) mass is 168 g/mol. The molecule has 0 unspecified atom stereocenters. The summed E-state index contributed by atoms with van der Waals surface area (Å²) in [5.41, 5.74) is 0. The van der Waals surface area contributed by atoms with Gasteiger partial charge in [0.2, 0.25) is 5.91 Å². The molecule has 12 heavy (non-hydrogen) atoms. The standard InChI is InChI=1S/C9H16N2O/c12-9-6-10-7-11(9)5-4-8-2-1-3-8/h8,10H,1-7H2. The molecular formula is C9H16N2O. The van der Waals surface area contributed by atoms with Crippen LogP contribution in [-0.4, -0.2) is 30.6 Å². The predicted molar refractivity (Wildman–Crippen MR) is 46.5 cm³/mol. The van der Waals surface area contributed by atoms with Gasteiger partial charge in [-0.05, 0) is 12.3 Å². The lowest BCUT2D eigenvalue weighted by molar-refractivity contribution is -0.126. The fraction of sp³-hybridized carbons (Fsp3) is 0.889. The molecule has 1 N–H and O–H groups in total. The van der Waals surface area contributed by atoms with E-state index in [4.69, 9.17) is 0 Å². The van der Waals surface area contributed by atoms with Crippen LogP contribution < -0.4 is 5.32 Å². The van der Waals surface area contributed by atoms with Gasteiger partial charge in [-0.25, -0.2) is 0 Å². The Hall–Kier alpha value is -0.570. The van der Waals surface area contributed by atoms with Crippen molar-refractivity contribution < 1.29 is 4.79 Å². The van der Waals surface area contributed by atoms with Gasteiger partial charge in [0.15, 0.2) is 0 Å². The summed E-state index contributed by atoms with van der Waals surface area (Å²) < 4.78 is 0. The van der Waals surface area contributed by atoms with Gasteiger partial charge in [-0.15, -0.1) is 0 Å². The van der Waals surface area contributed by atoms with Crippen LogP contribution in [0.15, 0.2) is 0 Å². The molecule has 1 saturated heterocycles. The summed E-state index contributed by atoms with van der Waals surface area (Å²) in [5, 5.41) is 3.06. The first-order chi connectivity index (χ1) is 5.86. The van der Waals surface area contributed by atoms with Crippen LogP contribution in [0.5, 0.6) is 0 Å². The molecule has 2 rings (SSSR count). The third-order valence-corrected chi connectivity index (χ3v) is 2.96. The third kappa shape index (κ3) is 1.61. The van der Waals surface area contributed by atoms with E-state index in [1.54, 1.807) is 0 Å². The highest BCUT2D eigenvalue weighted by Crippen LogP contribution is 2.29. The highest BCUT2D eigenvalue weighted by Gasteiger charge is 2.22. The van der Waals surface area contributed by atoms with E-state index in [-0.39, 0.29) is 5.91 Å². The first kappa shape index (κ1) is 8.05. The first-order valence-corrected chi connectivity index (χ1v) is 4.85. The normalized spacial score (nSPS) is 24.7. The van der Waals surface area contributed by atoms with E-state index in [0.717, 1.165) is 19.1 Å². The van der Waals surface area contributed by atoms with E-state index in [1.807, 2.05) is 4.90 Å². The lowest BCUT2D eigenvalue weighted by Crippen LogP contribution is -2.29. The lowest BCUT2D eigenvalue weighted by atomic mass is 9.83. The zero-order valence-electron chi connectivity index (χ0n) is 7.38. The summed E-state index contributed by atoms with van der Waals surface area (Å²) in [4.78, 5) is 13.1.